The van der Waals surface area contributed by atoms with Gasteiger partial charge in [0.2, 0.25) is 3.79 Å². The molecule has 0 heterocycles. The molecular weight excluding hydrogens is 331 g/mol. The lowest BCUT2D eigenvalue weighted by Crippen LogP contribution is -2.45. The lowest BCUT2D eigenvalue weighted by atomic mass is 10.4. The van der Waals surface area contributed by atoms with E-state index in [-0.39, 0.29) is 0 Å². The lowest BCUT2D eigenvalue weighted by Gasteiger charge is -2.36. The van der Waals surface area contributed by atoms with Crippen LogP contribution in [0.2, 0.25) is 0 Å². The van der Waals surface area contributed by atoms with Crippen LogP contribution in [0.15, 0.2) is 0 Å². The molecular formula is C10H23Cl3N3O2P. The third-order valence-corrected chi connectivity index (χ3v) is 5.78. The Morgan fingerprint density at radius 3 is 2.00 bits per heavy atom. The monoisotopic (exact) mass is 353 g/mol. The number of unbranched alkanes of at least 4 members (excludes halogenated alkanes) is 1. The summed E-state index contributed by atoms with van der Waals surface area (Å²) in [6.07, 6.45) is 0.860. The minimum absolute atomic E-state index is 0.433. The second kappa shape index (κ2) is 8.40. The van der Waals surface area contributed by atoms with Gasteiger partial charge in [0.1, 0.15) is 0 Å². The number of alkyl halides is 3. The Morgan fingerprint density at radius 1 is 1.21 bits per heavy atom. The van der Waals surface area contributed by atoms with E-state index in [2.05, 4.69) is 5.09 Å². The zero-order valence-corrected chi connectivity index (χ0v) is 15.2. The van der Waals surface area contributed by atoms with E-state index in [0.717, 1.165) is 12.8 Å². The number of rotatable bonds is 8. The van der Waals surface area contributed by atoms with Crippen molar-refractivity contribution in [2.45, 2.75) is 29.8 Å². The minimum atomic E-state index is -3.03. The first-order valence-electron chi connectivity index (χ1n) is 5.97. The second-order valence-corrected chi connectivity index (χ2v) is 9.83. The zero-order valence-electron chi connectivity index (χ0n) is 12.0. The molecule has 0 saturated heterocycles. The van der Waals surface area contributed by atoms with E-state index >= 15 is 0 Å². The summed E-state index contributed by atoms with van der Waals surface area (Å²) in [6.45, 7) is 2.47. The van der Waals surface area contributed by atoms with Crippen molar-refractivity contribution in [3.05, 3.63) is 0 Å². The van der Waals surface area contributed by atoms with Crippen LogP contribution in [0.4, 0.5) is 0 Å². The quantitative estimate of drug-likeness (QED) is 0.313. The molecule has 1 N–H and O–H groups in total. The van der Waals surface area contributed by atoms with Crippen LogP contribution in [-0.2, 0) is 9.30 Å². The van der Waals surface area contributed by atoms with Crippen LogP contribution < -0.4 is 5.09 Å². The molecule has 19 heavy (non-hydrogen) atoms. The van der Waals surface area contributed by atoms with Gasteiger partial charge in [-0.2, -0.15) is 0 Å². The largest absolute Gasteiger partial charge is 0.358 e. The summed E-state index contributed by atoms with van der Waals surface area (Å²) in [7, 11) is 3.73. The van der Waals surface area contributed by atoms with Crippen molar-refractivity contribution in [3.63, 3.8) is 0 Å². The van der Waals surface area contributed by atoms with Gasteiger partial charge in [0.15, 0.2) is 6.23 Å². The number of hydrogen-bond acceptors (Lipinski definition) is 2. The van der Waals surface area contributed by atoms with Crippen molar-refractivity contribution in [2.24, 2.45) is 0 Å². The maximum absolute atomic E-state index is 12.8. The molecule has 0 rings (SSSR count). The van der Waals surface area contributed by atoms with Crippen molar-refractivity contribution in [1.29, 1.82) is 0 Å². The van der Waals surface area contributed by atoms with Crippen molar-refractivity contribution in [1.82, 2.24) is 14.4 Å². The summed E-state index contributed by atoms with van der Waals surface area (Å²) < 4.78 is 19.7. The van der Waals surface area contributed by atoms with Crippen LogP contribution in [0.1, 0.15) is 19.8 Å². The van der Waals surface area contributed by atoms with Gasteiger partial charge in [-0.1, -0.05) is 48.1 Å². The van der Waals surface area contributed by atoms with Gasteiger partial charge in [-0.05, 0) is 34.6 Å². The molecule has 0 saturated carbocycles. The highest BCUT2D eigenvalue weighted by Crippen LogP contribution is 2.48. The van der Waals surface area contributed by atoms with Gasteiger partial charge < -0.3 is 4.74 Å². The third-order valence-electron chi connectivity index (χ3n) is 2.45. The molecule has 0 aromatic carbocycles. The molecule has 0 aliphatic carbocycles. The Kier molecular flexibility index (Phi) is 8.81. The predicted molar refractivity (Wildman–Crippen MR) is 83.1 cm³/mol. The highest BCUT2D eigenvalue weighted by atomic mass is 35.6. The fraction of sp³-hybridized carbons (Fsp3) is 1.00. The summed E-state index contributed by atoms with van der Waals surface area (Å²) >= 11 is 17.6. The Bertz CT molecular complexity index is 299. The molecule has 0 aromatic heterocycles. The molecule has 0 aromatic rings. The first-order valence-corrected chi connectivity index (χ1v) is 8.72. The summed E-state index contributed by atoms with van der Waals surface area (Å²) in [5.74, 6) is 0. The first-order chi connectivity index (χ1) is 8.55. The third kappa shape index (κ3) is 6.49. The second-order valence-electron chi connectivity index (χ2n) is 4.51. The molecule has 0 aliphatic rings. The van der Waals surface area contributed by atoms with Gasteiger partial charge in [0.25, 0.3) is 7.59 Å². The molecule has 0 bridgehead atoms. The Balaban J connectivity index is 4.93. The van der Waals surface area contributed by atoms with Crippen LogP contribution in [0.25, 0.3) is 0 Å². The molecule has 0 amide bonds. The van der Waals surface area contributed by atoms with E-state index < -0.39 is 17.6 Å². The predicted octanol–water partition coefficient (Wildman–Crippen LogP) is 3.32. The van der Waals surface area contributed by atoms with E-state index in [1.807, 2.05) is 6.92 Å². The molecule has 1 atom stereocenters. The molecule has 1 unspecified atom stereocenters. The SMILES string of the molecule is CCCCOC(NP(=O)(N(C)C)N(C)C)C(Cl)(Cl)Cl. The Morgan fingerprint density at radius 2 is 1.68 bits per heavy atom. The first kappa shape index (κ1) is 19.9. The number of hydrogen-bond donors (Lipinski definition) is 1. The maximum Gasteiger partial charge on any atom is 0.285 e. The summed E-state index contributed by atoms with van der Waals surface area (Å²) in [6, 6.07) is 0. The topological polar surface area (TPSA) is 44.8 Å². The van der Waals surface area contributed by atoms with Crippen molar-refractivity contribution < 1.29 is 9.30 Å². The average molecular weight is 355 g/mol. The number of nitrogens with zero attached hydrogens (tertiary/aromatic N) is 2. The van der Waals surface area contributed by atoms with Crippen LogP contribution in [0.3, 0.4) is 0 Å². The average Bonchev–Trinajstić information content (AvgIpc) is 2.25. The van der Waals surface area contributed by atoms with Gasteiger partial charge >= 0.3 is 0 Å². The highest BCUT2D eigenvalue weighted by molar-refractivity contribution is 7.56. The smallest absolute Gasteiger partial charge is 0.285 e. The lowest BCUT2D eigenvalue weighted by molar-refractivity contribution is 0.0437. The van der Waals surface area contributed by atoms with E-state index in [1.165, 1.54) is 0 Å². The van der Waals surface area contributed by atoms with E-state index in [0.29, 0.717) is 6.61 Å². The van der Waals surface area contributed by atoms with Crippen molar-refractivity contribution in [3.8, 4) is 0 Å². The maximum atomic E-state index is 12.8. The summed E-state index contributed by atoms with van der Waals surface area (Å²) in [5, 5.41) is 2.82. The van der Waals surface area contributed by atoms with Crippen LogP contribution in [-0.4, -0.2) is 54.2 Å². The number of ether oxygens (including phenoxy) is 1. The Labute approximate surface area is 131 Å². The van der Waals surface area contributed by atoms with Crippen LogP contribution >= 0.6 is 42.4 Å². The fourth-order valence-electron chi connectivity index (χ4n) is 1.29. The van der Waals surface area contributed by atoms with Gasteiger partial charge in [0, 0.05) is 6.61 Å². The van der Waals surface area contributed by atoms with Gasteiger partial charge in [-0.3, -0.25) is 4.57 Å². The molecule has 0 fully saturated rings. The molecule has 0 radical (unpaired) electrons. The van der Waals surface area contributed by atoms with E-state index in [9.17, 15) is 4.57 Å². The van der Waals surface area contributed by atoms with Gasteiger partial charge in [0.05, 0.1) is 0 Å². The van der Waals surface area contributed by atoms with Crippen molar-refractivity contribution in [2.75, 3.05) is 34.8 Å². The summed E-state index contributed by atoms with van der Waals surface area (Å²) in [4.78, 5) is 0. The van der Waals surface area contributed by atoms with Crippen LogP contribution in [0, 0.1) is 0 Å². The summed E-state index contributed by atoms with van der Waals surface area (Å²) in [5.41, 5.74) is 0. The van der Waals surface area contributed by atoms with E-state index in [4.69, 9.17) is 39.5 Å². The van der Waals surface area contributed by atoms with Gasteiger partial charge in [-0.15, -0.1) is 0 Å². The zero-order chi connectivity index (χ0) is 15.3. The number of halogens is 3. The fourth-order valence-corrected chi connectivity index (χ4v) is 3.62. The standard InChI is InChI=1S/C10H23Cl3N3O2P/c1-6-7-8-18-9(10(11,12)13)14-19(17,15(2)3)16(4)5/h9H,6-8H2,1-5H3,(H,14,17). The molecule has 0 aliphatic heterocycles. The minimum Gasteiger partial charge on any atom is -0.358 e. The molecule has 116 valence electrons. The molecule has 0 spiro atoms. The van der Waals surface area contributed by atoms with E-state index in [1.54, 1.807) is 37.5 Å². The normalized spacial score (nSPS) is 15.3. The molecule has 9 heteroatoms. The number of nitrogens with one attached hydrogen (secondary N) is 1. The van der Waals surface area contributed by atoms with Gasteiger partial charge in [-0.25, -0.2) is 14.4 Å². The highest BCUT2D eigenvalue weighted by Gasteiger charge is 2.40. The Hall–Kier alpha value is 0.940. The van der Waals surface area contributed by atoms with Crippen molar-refractivity contribution >= 4 is 42.4 Å². The van der Waals surface area contributed by atoms with Crippen LogP contribution in [0.5, 0.6) is 0 Å². The molecule has 5 nitrogen and oxygen atoms in total.